The molecule has 0 bridgehead atoms. The largest absolute Gasteiger partial charge is 0.495 e. The summed E-state index contributed by atoms with van der Waals surface area (Å²) < 4.78 is 32.4. The number of thiazole rings is 1. The van der Waals surface area contributed by atoms with Gasteiger partial charge in [-0.1, -0.05) is 6.07 Å². The highest BCUT2D eigenvalue weighted by Gasteiger charge is 2.20. The Morgan fingerprint density at radius 3 is 2.76 bits per heavy atom. The molecule has 0 amide bonds. The van der Waals surface area contributed by atoms with Crippen LogP contribution in [-0.2, 0) is 23.1 Å². The van der Waals surface area contributed by atoms with Gasteiger partial charge in [0, 0.05) is 11.9 Å². The summed E-state index contributed by atoms with van der Waals surface area (Å²) in [4.78, 5) is 4.31. The van der Waals surface area contributed by atoms with Crippen LogP contribution in [0.25, 0.3) is 0 Å². The normalized spacial score (nSPS) is 11.6. The molecule has 0 fully saturated rings. The monoisotopic (exact) mass is 327 g/mol. The summed E-state index contributed by atoms with van der Waals surface area (Å²) in [5.41, 5.74) is 6.97. The van der Waals surface area contributed by atoms with Gasteiger partial charge in [-0.3, -0.25) is 0 Å². The zero-order valence-corrected chi connectivity index (χ0v) is 13.4. The van der Waals surface area contributed by atoms with E-state index in [0.717, 1.165) is 10.6 Å². The molecule has 0 aliphatic heterocycles. The number of nitrogens with zero attached hydrogens (tertiary/aromatic N) is 1. The maximum Gasteiger partial charge on any atom is 0.244 e. The number of aryl methyl sites for hydroxylation is 1. The van der Waals surface area contributed by atoms with Gasteiger partial charge in [-0.2, -0.15) is 0 Å². The highest BCUT2D eigenvalue weighted by Crippen LogP contribution is 2.25. The van der Waals surface area contributed by atoms with Crippen LogP contribution in [0.4, 0.5) is 0 Å². The molecule has 8 heteroatoms. The molecule has 6 nitrogen and oxygen atoms in total. The number of nitrogens with one attached hydrogen (secondary N) is 1. The van der Waals surface area contributed by atoms with Crippen molar-refractivity contribution in [1.29, 1.82) is 0 Å². The fourth-order valence-electron chi connectivity index (χ4n) is 1.79. The molecule has 2 aromatic rings. The lowest BCUT2D eigenvalue weighted by Crippen LogP contribution is -2.24. The first kappa shape index (κ1) is 15.9. The van der Waals surface area contributed by atoms with E-state index in [1.54, 1.807) is 12.1 Å². The summed E-state index contributed by atoms with van der Waals surface area (Å²) in [6.07, 6.45) is 0. The maximum atomic E-state index is 12.4. The minimum absolute atomic E-state index is 0.0832. The van der Waals surface area contributed by atoms with Crippen molar-refractivity contribution in [3.63, 3.8) is 0 Å². The molecule has 0 atom stereocenters. The standard InChI is InChI=1S/C13H17N3O3S2/c1-9-16-11(8-20-9)7-15-21(17,18)13-5-10(6-14)3-4-12(13)19-2/h3-5,8,15H,6-7,14H2,1-2H3. The summed E-state index contributed by atoms with van der Waals surface area (Å²) in [6, 6.07) is 4.86. The first-order valence-electron chi connectivity index (χ1n) is 6.24. The molecule has 1 heterocycles. The number of rotatable bonds is 6. The molecule has 2 rings (SSSR count). The van der Waals surface area contributed by atoms with Crippen LogP contribution in [0.3, 0.4) is 0 Å². The van der Waals surface area contributed by atoms with Crippen LogP contribution in [0.15, 0.2) is 28.5 Å². The minimum Gasteiger partial charge on any atom is -0.495 e. The van der Waals surface area contributed by atoms with E-state index in [2.05, 4.69) is 9.71 Å². The summed E-state index contributed by atoms with van der Waals surface area (Å²) >= 11 is 1.48. The summed E-state index contributed by atoms with van der Waals surface area (Å²) in [5.74, 6) is 0.286. The number of aromatic nitrogens is 1. The second-order valence-electron chi connectivity index (χ2n) is 4.37. The van der Waals surface area contributed by atoms with Gasteiger partial charge >= 0.3 is 0 Å². The topological polar surface area (TPSA) is 94.3 Å². The molecule has 0 unspecified atom stereocenters. The first-order chi connectivity index (χ1) is 9.96. The molecular formula is C13H17N3O3S2. The summed E-state index contributed by atoms with van der Waals surface area (Å²) in [6.45, 7) is 2.27. The smallest absolute Gasteiger partial charge is 0.244 e. The van der Waals surface area contributed by atoms with E-state index in [-0.39, 0.29) is 23.7 Å². The van der Waals surface area contributed by atoms with Gasteiger partial charge < -0.3 is 10.5 Å². The number of benzene rings is 1. The van der Waals surface area contributed by atoms with Gasteiger partial charge in [0.15, 0.2) is 0 Å². The highest BCUT2D eigenvalue weighted by atomic mass is 32.2. The average Bonchev–Trinajstić information content (AvgIpc) is 2.90. The van der Waals surface area contributed by atoms with Gasteiger partial charge in [0.05, 0.1) is 24.4 Å². The van der Waals surface area contributed by atoms with E-state index in [1.807, 2.05) is 12.3 Å². The molecule has 3 N–H and O–H groups in total. The molecule has 0 spiro atoms. The van der Waals surface area contributed by atoms with Gasteiger partial charge in [0.1, 0.15) is 10.6 Å². The highest BCUT2D eigenvalue weighted by molar-refractivity contribution is 7.89. The minimum atomic E-state index is -3.69. The zero-order chi connectivity index (χ0) is 15.5. The summed E-state index contributed by atoms with van der Waals surface area (Å²) in [5, 5.41) is 2.72. The summed E-state index contributed by atoms with van der Waals surface area (Å²) in [7, 11) is -2.26. The Hall–Kier alpha value is -1.48. The number of ether oxygens (including phenoxy) is 1. The first-order valence-corrected chi connectivity index (χ1v) is 8.60. The van der Waals surface area contributed by atoms with E-state index in [9.17, 15) is 8.42 Å². The number of nitrogens with two attached hydrogens (primary N) is 1. The molecule has 0 saturated heterocycles. The molecule has 1 aromatic heterocycles. The van der Waals surface area contributed by atoms with Crippen LogP contribution in [0.1, 0.15) is 16.3 Å². The van der Waals surface area contributed by atoms with E-state index in [4.69, 9.17) is 10.5 Å². The molecule has 0 radical (unpaired) electrons. The lowest BCUT2D eigenvalue weighted by molar-refractivity contribution is 0.402. The molecule has 21 heavy (non-hydrogen) atoms. The van der Waals surface area contributed by atoms with Crippen LogP contribution >= 0.6 is 11.3 Å². The predicted molar refractivity (Wildman–Crippen MR) is 81.8 cm³/mol. The predicted octanol–water partition coefficient (Wildman–Crippen LogP) is 1.40. The molecule has 1 aromatic carbocycles. The Labute approximate surface area is 128 Å². The average molecular weight is 327 g/mol. The second-order valence-corrected chi connectivity index (χ2v) is 7.17. The SMILES string of the molecule is COc1ccc(CN)cc1S(=O)(=O)NCc1csc(C)n1. The second kappa shape index (κ2) is 6.52. The van der Waals surface area contributed by atoms with E-state index < -0.39 is 10.0 Å². The van der Waals surface area contributed by atoms with Crippen molar-refractivity contribution in [2.75, 3.05) is 7.11 Å². The molecule has 114 valence electrons. The quantitative estimate of drug-likeness (QED) is 0.836. The third kappa shape index (κ3) is 3.79. The third-order valence-electron chi connectivity index (χ3n) is 2.86. The van der Waals surface area contributed by atoms with Gasteiger partial charge in [0.2, 0.25) is 10.0 Å². The third-order valence-corrected chi connectivity index (χ3v) is 5.11. The van der Waals surface area contributed by atoms with Gasteiger partial charge in [-0.25, -0.2) is 18.1 Å². The van der Waals surface area contributed by atoms with Crippen LogP contribution in [0.5, 0.6) is 5.75 Å². The fraction of sp³-hybridized carbons (Fsp3) is 0.308. The van der Waals surface area contributed by atoms with Crippen molar-refractivity contribution in [2.45, 2.75) is 24.9 Å². The van der Waals surface area contributed by atoms with Gasteiger partial charge in [-0.05, 0) is 24.6 Å². The number of sulfonamides is 1. The number of hydrogen-bond donors (Lipinski definition) is 2. The van der Waals surface area contributed by atoms with Crippen molar-refractivity contribution in [3.8, 4) is 5.75 Å². The number of hydrogen-bond acceptors (Lipinski definition) is 6. The van der Waals surface area contributed by atoms with Crippen molar-refractivity contribution < 1.29 is 13.2 Å². The van der Waals surface area contributed by atoms with Gasteiger partial charge in [-0.15, -0.1) is 11.3 Å². The lowest BCUT2D eigenvalue weighted by atomic mass is 10.2. The fourth-order valence-corrected chi connectivity index (χ4v) is 3.62. The Balaban J connectivity index is 2.26. The van der Waals surface area contributed by atoms with Crippen molar-refractivity contribution in [2.24, 2.45) is 5.73 Å². The van der Waals surface area contributed by atoms with Gasteiger partial charge in [0.25, 0.3) is 0 Å². The molecule has 0 aliphatic carbocycles. The molecule has 0 aliphatic rings. The van der Waals surface area contributed by atoms with Crippen LogP contribution in [-0.4, -0.2) is 20.5 Å². The number of methoxy groups -OCH3 is 1. The maximum absolute atomic E-state index is 12.4. The van der Waals surface area contributed by atoms with Crippen LogP contribution in [0, 0.1) is 6.92 Å². The molecule has 0 saturated carbocycles. The van der Waals surface area contributed by atoms with E-state index >= 15 is 0 Å². The zero-order valence-electron chi connectivity index (χ0n) is 11.8. The lowest BCUT2D eigenvalue weighted by Gasteiger charge is -2.11. The van der Waals surface area contributed by atoms with Crippen molar-refractivity contribution >= 4 is 21.4 Å². The Morgan fingerprint density at radius 2 is 2.19 bits per heavy atom. The molecular weight excluding hydrogens is 310 g/mol. The van der Waals surface area contributed by atoms with Crippen LogP contribution in [0.2, 0.25) is 0 Å². The van der Waals surface area contributed by atoms with Crippen molar-refractivity contribution in [1.82, 2.24) is 9.71 Å². The Kier molecular flexibility index (Phi) is 4.94. The van der Waals surface area contributed by atoms with Crippen molar-refractivity contribution in [3.05, 3.63) is 39.8 Å². The van der Waals surface area contributed by atoms with E-state index in [1.165, 1.54) is 24.5 Å². The Morgan fingerprint density at radius 1 is 1.43 bits per heavy atom. The van der Waals surface area contributed by atoms with E-state index in [0.29, 0.717) is 5.69 Å². The van der Waals surface area contributed by atoms with Crippen LogP contribution < -0.4 is 15.2 Å². The Bertz CT molecular complexity index is 726.